The van der Waals surface area contributed by atoms with E-state index in [-0.39, 0.29) is 19.1 Å². The first-order valence-corrected chi connectivity index (χ1v) is 33.1. The minimum atomic E-state index is -4.58. The van der Waals surface area contributed by atoms with E-state index in [1.165, 1.54) is 250 Å². The van der Waals surface area contributed by atoms with Crippen LogP contribution in [0.25, 0.3) is 0 Å². The molecule has 2 N–H and O–H groups in total. The van der Waals surface area contributed by atoms with Crippen molar-refractivity contribution in [1.29, 1.82) is 0 Å². The molecule has 0 saturated heterocycles. The third kappa shape index (κ3) is 56.7. The topological polar surface area (TPSA) is 108 Å². The van der Waals surface area contributed by atoms with Gasteiger partial charge in [0.2, 0.25) is 5.91 Å². The predicted octanol–water partition coefficient (Wildman–Crippen LogP) is 18.9. The second kappa shape index (κ2) is 54.8. The second-order valence-electron chi connectivity index (χ2n) is 23.1. The lowest BCUT2D eigenvalue weighted by Crippen LogP contribution is -2.46. The monoisotopic (exact) mass is 1040 g/mol. The number of phosphoric acid groups is 1. The number of likely N-dealkylation sites (N-methyl/N-ethyl adjacent to an activating group) is 1. The zero-order chi connectivity index (χ0) is 52.7. The van der Waals surface area contributed by atoms with Crippen molar-refractivity contribution < 1.29 is 32.9 Å². The molecule has 0 fully saturated rings. The highest BCUT2D eigenvalue weighted by Gasteiger charge is 2.24. The van der Waals surface area contributed by atoms with Gasteiger partial charge in [0, 0.05) is 6.42 Å². The number of aliphatic hydroxyl groups is 1. The van der Waals surface area contributed by atoms with Crippen molar-refractivity contribution in [2.24, 2.45) is 0 Å². The molecule has 3 unspecified atom stereocenters. The van der Waals surface area contributed by atoms with Crippen molar-refractivity contribution in [3.63, 3.8) is 0 Å². The maximum Gasteiger partial charge on any atom is 0.268 e. The molecule has 0 spiro atoms. The predicted molar refractivity (Wildman–Crippen MR) is 312 cm³/mol. The van der Waals surface area contributed by atoms with Gasteiger partial charge in [0.25, 0.3) is 7.82 Å². The summed E-state index contributed by atoms with van der Waals surface area (Å²) < 4.78 is 23.5. The number of hydrogen-bond acceptors (Lipinski definition) is 6. The van der Waals surface area contributed by atoms with Crippen LogP contribution in [0.3, 0.4) is 0 Å². The largest absolute Gasteiger partial charge is 0.756 e. The average molecular weight is 1040 g/mol. The van der Waals surface area contributed by atoms with Crippen LogP contribution in [0.15, 0.2) is 24.3 Å². The van der Waals surface area contributed by atoms with E-state index in [0.29, 0.717) is 23.9 Å². The molecule has 0 aromatic rings. The number of unbranched alkanes of at least 4 members (excludes halogenated alkanes) is 42. The fourth-order valence-electron chi connectivity index (χ4n) is 9.72. The van der Waals surface area contributed by atoms with Crippen LogP contribution in [-0.4, -0.2) is 68.5 Å². The van der Waals surface area contributed by atoms with E-state index < -0.39 is 20.0 Å². The van der Waals surface area contributed by atoms with E-state index in [1.807, 2.05) is 21.1 Å². The number of nitrogens with one attached hydrogen (secondary N) is 1. The quantitative estimate of drug-likeness (QED) is 0.0272. The maximum atomic E-state index is 13.0. The van der Waals surface area contributed by atoms with Gasteiger partial charge in [-0.2, -0.15) is 0 Å². The highest BCUT2D eigenvalue weighted by Crippen LogP contribution is 2.38. The van der Waals surface area contributed by atoms with Crippen LogP contribution in [0.1, 0.15) is 322 Å². The van der Waals surface area contributed by atoms with Crippen LogP contribution < -0.4 is 10.2 Å². The number of aliphatic hydroxyl groups excluding tert-OH is 1. The number of rotatable bonds is 59. The van der Waals surface area contributed by atoms with Gasteiger partial charge in [0.1, 0.15) is 13.2 Å². The molecule has 1 amide bonds. The van der Waals surface area contributed by atoms with Crippen molar-refractivity contribution in [3.05, 3.63) is 24.3 Å². The summed E-state index contributed by atoms with van der Waals surface area (Å²) in [5.41, 5.74) is 0. The van der Waals surface area contributed by atoms with E-state index in [9.17, 15) is 19.4 Å². The van der Waals surface area contributed by atoms with E-state index in [1.54, 1.807) is 0 Å². The van der Waals surface area contributed by atoms with Crippen molar-refractivity contribution in [3.8, 4) is 0 Å². The SMILES string of the molecule is CCCCCCCCCCC/C=C\C/C=C\CCCCCCCCCCCCCC(=O)NC(COP(=O)([O-])OCC[N+](C)(C)C)C(O)CCCCCCCCCCCCCCCCCCCCCCCCC. The maximum absolute atomic E-state index is 13.0. The first-order valence-electron chi connectivity index (χ1n) is 31.7. The van der Waals surface area contributed by atoms with Crippen molar-refractivity contribution in [2.45, 2.75) is 334 Å². The highest BCUT2D eigenvalue weighted by molar-refractivity contribution is 7.45. The Morgan fingerprint density at radius 2 is 0.806 bits per heavy atom. The number of carbonyl (C=O) groups excluding carboxylic acids is 1. The molecule has 0 aromatic carbocycles. The second-order valence-corrected chi connectivity index (χ2v) is 24.5. The summed E-state index contributed by atoms with van der Waals surface area (Å²) in [4.78, 5) is 25.6. The normalized spacial score (nSPS) is 13.9. The molecule has 3 atom stereocenters. The highest BCUT2D eigenvalue weighted by atomic mass is 31.2. The molecule has 0 aromatic heterocycles. The molecular weight excluding hydrogens is 912 g/mol. The summed E-state index contributed by atoms with van der Waals surface area (Å²) in [6, 6.07) is -0.802. The van der Waals surface area contributed by atoms with Gasteiger partial charge in [-0.05, 0) is 44.9 Å². The van der Waals surface area contributed by atoms with Crippen LogP contribution >= 0.6 is 7.82 Å². The summed E-state index contributed by atoms with van der Waals surface area (Å²) >= 11 is 0. The van der Waals surface area contributed by atoms with Gasteiger partial charge in [-0.3, -0.25) is 9.36 Å². The zero-order valence-corrected chi connectivity index (χ0v) is 49.8. The van der Waals surface area contributed by atoms with E-state index in [4.69, 9.17) is 9.05 Å². The van der Waals surface area contributed by atoms with Crippen LogP contribution in [-0.2, 0) is 18.4 Å². The lowest BCUT2D eigenvalue weighted by atomic mass is 10.0. The standard InChI is InChI=1S/C63H125N2O6P/c1-6-8-10-12-14-16-18-20-22-24-26-28-30-31-32-33-35-37-39-41-43-45-47-49-51-53-55-57-63(67)64-61(60-71-72(68,69)70-59-58-65(3,4)5)62(66)56-54-52-50-48-46-44-42-40-38-36-34-29-27-25-23-21-19-17-15-13-11-9-7-2/h26,28,31-32,61-62,66H,6-25,27,29-30,33-60H2,1-5H3,(H-,64,67,68,69)/b28-26-,32-31-. The molecule has 428 valence electrons. The number of amides is 1. The molecule has 0 heterocycles. The molecule has 0 rings (SSSR count). The average Bonchev–Trinajstić information content (AvgIpc) is 3.34. The Morgan fingerprint density at radius 3 is 1.15 bits per heavy atom. The fraction of sp³-hybridized carbons (Fsp3) is 0.921. The minimum Gasteiger partial charge on any atom is -0.756 e. The molecule has 0 aliphatic carbocycles. The Balaban J connectivity index is 4.10. The summed E-state index contributed by atoms with van der Waals surface area (Å²) in [5.74, 6) is -0.161. The van der Waals surface area contributed by atoms with Crippen molar-refractivity contribution in [2.75, 3.05) is 40.9 Å². The Bertz CT molecular complexity index is 1220. The summed E-state index contributed by atoms with van der Waals surface area (Å²) in [6.07, 6.45) is 69.4. The van der Waals surface area contributed by atoms with Gasteiger partial charge in [0.15, 0.2) is 0 Å². The third-order valence-corrected chi connectivity index (χ3v) is 15.7. The van der Waals surface area contributed by atoms with Gasteiger partial charge in [0.05, 0.1) is 39.9 Å². The first kappa shape index (κ1) is 71.0. The Morgan fingerprint density at radius 1 is 0.486 bits per heavy atom. The molecule has 0 radical (unpaired) electrons. The molecule has 0 aliphatic rings. The number of hydrogen-bond donors (Lipinski definition) is 2. The molecule has 72 heavy (non-hydrogen) atoms. The number of allylic oxidation sites excluding steroid dienone is 4. The van der Waals surface area contributed by atoms with Crippen LogP contribution in [0, 0.1) is 0 Å². The van der Waals surface area contributed by atoms with E-state index in [0.717, 1.165) is 44.9 Å². The van der Waals surface area contributed by atoms with Crippen molar-refractivity contribution >= 4 is 13.7 Å². The van der Waals surface area contributed by atoms with Crippen LogP contribution in [0.5, 0.6) is 0 Å². The molecule has 9 heteroatoms. The summed E-state index contributed by atoms with van der Waals surface area (Å²) in [7, 11) is 1.32. The molecule has 8 nitrogen and oxygen atoms in total. The molecule has 0 saturated carbocycles. The lowest BCUT2D eigenvalue weighted by Gasteiger charge is -2.30. The molecular formula is C63H125N2O6P. The number of carbonyl (C=O) groups is 1. The van der Waals surface area contributed by atoms with E-state index in [2.05, 4.69) is 43.5 Å². The van der Waals surface area contributed by atoms with Gasteiger partial charge in [-0.1, -0.05) is 295 Å². The van der Waals surface area contributed by atoms with Gasteiger partial charge < -0.3 is 28.8 Å². The number of phosphoric ester groups is 1. The fourth-order valence-corrected chi connectivity index (χ4v) is 10.4. The smallest absolute Gasteiger partial charge is 0.268 e. The third-order valence-electron chi connectivity index (χ3n) is 14.7. The minimum absolute atomic E-state index is 0.0133. The Kier molecular flexibility index (Phi) is 54.0. The number of quaternary nitrogens is 1. The van der Waals surface area contributed by atoms with Gasteiger partial charge in [-0.15, -0.1) is 0 Å². The number of nitrogens with zero attached hydrogens (tertiary/aromatic N) is 1. The van der Waals surface area contributed by atoms with Gasteiger partial charge >= 0.3 is 0 Å². The summed E-state index contributed by atoms with van der Waals surface area (Å²) in [5, 5.41) is 14.1. The van der Waals surface area contributed by atoms with Crippen LogP contribution in [0.2, 0.25) is 0 Å². The van der Waals surface area contributed by atoms with Crippen molar-refractivity contribution in [1.82, 2.24) is 5.32 Å². The van der Waals surface area contributed by atoms with E-state index >= 15 is 0 Å². The molecule has 0 aliphatic heterocycles. The summed E-state index contributed by atoms with van der Waals surface area (Å²) in [6.45, 7) is 4.77. The Hall–Kier alpha value is -1.02. The Labute approximate surface area is 449 Å². The zero-order valence-electron chi connectivity index (χ0n) is 48.9. The first-order chi connectivity index (χ1) is 35.0. The van der Waals surface area contributed by atoms with Gasteiger partial charge in [-0.25, -0.2) is 0 Å². The van der Waals surface area contributed by atoms with Crippen LogP contribution in [0.4, 0.5) is 0 Å². The molecule has 0 bridgehead atoms. The lowest BCUT2D eigenvalue weighted by molar-refractivity contribution is -0.870.